The zero-order chi connectivity index (χ0) is 16.6. The molecular weight excluding hydrogens is 360 g/mol. The van der Waals surface area contributed by atoms with Crippen molar-refractivity contribution in [2.75, 3.05) is 0 Å². The highest BCUT2D eigenvalue weighted by atomic mass is 79.9. The van der Waals surface area contributed by atoms with Crippen molar-refractivity contribution in [3.05, 3.63) is 106 Å². The molecule has 0 atom stereocenters. The minimum absolute atomic E-state index is 0.606. The van der Waals surface area contributed by atoms with Crippen molar-refractivity contribution in [2.45, 2.75) is 6.54 Å². The molecule has 0 fully saturated rings. The van der Waals surface area contributed by atoms with Crippen LogP contribution in [0.4, 0.5) is 0 Å². The minimum Gasteiger partial charge on any atom is -0.261 e. The van der Waals surface area contributed by atoms with E-state index in [1.807, 2.05) is 79.0 Å². The Hall–Kier alpha value is -2.52. The Morgan fingerprint density at radius 1 is 0.833 bits per heavy atom. The van der Waals surface area contributed by atoms with Crippen LogP contribution < -0.4 is 0 Å². The summed E-state index contributed by atoms with van der Waals surface area (Å²) in [5, 5.41) is 0. The monoisotopic (exact) mass is 376 g/mol. The second kappa shape index (κ2) is 8.37. The normalized spacial score (nSPS) is 11.8. The summed E-state index contributed by atoms with van der Waals surface area (Å²) in [5.41, 5.74) is 3.22. The Morgan fingerprint density at radius 3 is 2.25 bits per heavy atom. The van der Waals surface area contributed by atoms with E-state index in [1.165, 1.54) is 5.56 Å². The summed E-state index contributed by atoms with van der Waals surface area (Å²) in [6.45, 7) is 0.606. The molecule has 3 rings (SSSR count). The molecule has 0 spiro atoms. The van der Waals surface area contributed by atoms with Gasteiger partial charge in [0.2, 0.25) is 0 Å². The number of benzene rings is 3. The molecule has 3 aromatic carbocycles. The van der Waals surface area contributed by atoms with Crippen molar-refractivity contribution in [2.24, 2.45) is 9.98 Å². The maximum atomic E-state index is 4.72. The number of aliphatic imine (C=N–C) groups is 2. The van der Waals surface area contributed by atoms with Crippen molar-refractivity contribution in [1.82, 2.24) is 0 Å². The molecule has 24 heavy (non-hydrogen) atoms. The quantitative estimate of drug-likeness (QED) is 0.423. The number of hydrogen-bond acceptors (Lipinski definition) is 1. The zero-order valence-electron chi connectivity index (χ0n) is 13.1. The third-order valence-corrected chi connectivity index (χ3v) is 3.97. The van der Waals surface area contributed by atoms with Gasteiger partial charge in [-0.3, -0.25) is 4.99 Å². The molecule has 3 heteroatoms. The molecule has 0 heterocycles. The molecule has 0 bridgehead atoms. The first-order valence-electron chi connectivity index (χ1n) is 7.75. The van der Waals surface area contributed by atoms with E-state index in [1.54, 1.807) is 0 Å². The first-order valence-corrected chi connectivity index (χ1v) is 8.54. The molecule has 118 valence electrons. The van der Waals surface area contributed by atoms with Crippen LogP contribution in [0, 0.1) is 0 Å². The highest BCUT2D eigenvalue weighted by Gasteiger charge is 2.02. The van der Waals surface area contributed by atoms with Gasteiger partial charge in [0, 0.05) is 16.3 Å². The van der Waals surface area contributed by atoms with Gasteiger partial charge in [-0.1, -0.05) is 88.7 Å². The Labute approximate surface area is 150 Å². The fourth-order valence-corrected chi connectivity index (χ4v) is 2.66. The number of hydrogen-bond donors (Lipinski definition) is 0. The van der Waals surface area contributed by atoms with Crippen molar-refractivity contribution < 1.29 is 0 Å². The van der Waals surface area contributed by atoms with Gasteiger partial charge in [0.05, 0.1) is 6.54 Å². The first-order chi connectivity index (χ1) is 11.8. The summed E-state index contributed by atoms with van der Waals surface area (Å²) in [7, 11) is 0. The third-order valence-electron chi connectivity index (χ3n) is 3.47. The van der Waals surface area contributed by atoms with Gasteiger partial charge in [0.1, 0.15) is 0 Å². The topological polar surface area (TPSA) is 24.7 Å². The Balaban J connectivity index is 1.90. The second-order valence-corrected chi connectivity index (χ2v) is 6.22. The van der Waals surface area contributed by atoms with E-state index in [0.717, 1.165) is 21.4 Å². The summed E-state index contributed by atoms with van der Waals surface area (Å²) in [4.78, 5) is 9.34. The largest absolute Gasteiger partial charge is 0.261 e. The second-order valence-electron chi connectivity index (χ2n) is 5.30. The molecule has 2 nitrogen and oxygen atoms in total. The SMILES string of the molecule is Brc1cccc(C(N=Cc2ccccc2)=NCc2ccccc2)c1. The lowest BCUT2D eigenvalue weighted by Gasteiger charge is -2.03. The standard InChI is InChI=1S/C21H17BrN2/c22-20-13-7-12-19(14-20)21(23-15-17-8-3-1-4-9-17)24-16-18-10-5-2-6-11-18/h1-15H,16H2. The van der Waals surface area contributed by atoms with E-state index in [0.29, 0.717) is 6.54 Å². The molecule has 0 radical (unpaired) electrons. The van der Waals surface area contributed by atoms with Crippen LogP contribution in [0.15, 0.2) is 99.4 Å². The van der Waals surface area contributed by atoms with E-state index < -0.39 is 0 Å². The van der Waals surface area contributed by atoms with Crippen molar-refractivity contribution >= 4 is 28.0 Å². The molecule has 0 N–H and O–H groups in total. The van der Waals surface area contributed by atoms with Crippen molar-refractivity contribution in [3.8, 4) is 0 Å². The molecule has 0 aromatic heterocycles. The van der Waals surface area contributed by atoms with Crippen LogP contribution in [0.2, 0.25) is 0 Å². The highest BCUT2D eigenvalue weighted by Crippen LogP contribution is 2.14. The predicted octanol–water partition coefficient (Wildman–Crippen LogP) is 5.52. The van der Waals surface area contributed by atoms with Crippen LogP contribution in [0.1, 0.15) is 16.7 Å². The summed E-state index contributed by atoms with van der Waals surface area (Å²) in [6, 6.07) is 28.3. The molecule has 3 aromatic rings. The van der Waals surface area contributed by atoms with E-state index in [9.17, 15) is 0 Å². The lowest BCUT2D eigenvalue weighted by molar-refractivity contribution is 1.06. The molecule has 0 aliphatic rings. The van der Waals surface area contributed by atoms with Gasteiger partial charge in [-0.05, 0) is 23.3 Å². The molecule has 0 saturated heterocycles. The van der Waals surface area contributed by atoms with Gasteiger partial charge in [-0.2, -0.15) is 0 Å². The van der Waals surface area contributed by atoms with E-state index in [4.69, 9.17) is 4.99 Å². The molecular formula is C21H17BrN2. The summed E-state index contributed by atoms with van der Waals surface area (Å²) < 4.78 is 1.02. The molecule has 0 aliphatic carbocycles. The average Bonchev–Trinajstić information content (AvgIpc) is 2.63. The fraction of sp³-hybridized carbons (Fsp3) is 0.0476. The minimum atomic E-state index is 0.606. The molecule has 0 aliphatic heterocycles. The van der Waals surface area contributed by atoms with Gasteiger partial charge in [0.15, 0.2) is 5.84 Å². The summed E-state index contributed by atoms with van der Waals surface area (Å²) >= 11 is 3.52. The number of amidine groups is 1. The van der Waals surface area contributed by atoms with E-state index >= 15 is 0 Å². The van der Waals surface area contributed by atoms with Gasteiger partial charge < -0.3 is 0 Å². The Morgan fingerprint density at radius 2 is 1.54 bits per heavy atom. The average molecular weight is 377 g/mol. The lowest BCUT2D eigenvalue weighted by atomic mass is 10.2. The summed E-state index contributed by atoms with van der Waals surface area (Å²) in [5.74, 6) is 0.726. The van der Waals surface area contributed by atoms with Gasteiger partial charge in [0.25, 0.3) is 0 Å². The Kier molecular flexibility index (Phi) is 5.70. The van der Waals surface area contributed by atoms with Crippen LogP contribution in [-0.4, -0.2) is 12.1 Å². The van der Waals surface area contributed by atoms with Gasteiger partial charge in [-0.15, -0.1) is 0 Å². The van der Waals surface area contributed by atoms with Crippen LogP contribution in [0.5, 0.6) is 0 Å². The van der Waals surface area contributed by atoms with Crippen molar-refractivity contribution in [1.29, 1.82) is 0 Å². The van der Waals surface area contributed by atoms with Crippen LogP contribution in [-0.2, 0) is 6.54 Å². The maximum Gasteiger partial charge on any atom is 0.154 e. The predicted molar refractivity (Wildman–Crippen MR) is 105 cm³/mol. The van der Waals surface area contributed by atoms with Gasteiger partial charge in [-0.25, -0.2) is 4.99 Å². The van der Waals surface area contributed by atoms with Crippen LogP contribution in [0.25, 0.3) is 0 Å². The number of halogens is 1. The lowest BCUT2D eigenvalue weighted by Crippen LogP contribution is -2.00. The number of nitrogens with zero attached hydrogens (tertiary/aromatic N) is 2. The van der Waals surface area contributed by atoms with E-state index in [-0.39, 0.29) is 0 Å². The molecule has 0 unspecified atom stereocenters. The Bertz CT molecular complexity index is 840. The zero-order valence-corrected chi connectivity index (χ0v) is 14.7. The van der Waals surface area contributed by atoms with Crippen molar-refractivity contribution in [3.63, 3.8) is 0 Å². The molecule has 0 amide bonds. The van der Waals surface area contributed by atoms with Crippen LogP contribution in [0.3, 0.4) is 0 Å². The van der Waals surface area contributed by atoms with Crippen LogP contribution >= 0.6 is 15.9 Å². The third kappa shape index (κ3) is 4.74. The maximum absolute atomic E-state index is 4.72. The van der Waals surface area contributed by atoms with Gasteiger partial charge >= 0.3 is 0 Å². The first kappa shape index (κ1) is 16.3. The highest BCUT2D eigenvalue weighted by molar-refractivity contribution is 9.10. The smallest absolute Gasteiger partial charge is 0.154 e. The summed E-state index contributed by atoms with van der Waals surface area (Å²) in [6.07, 6.45) is 1.85. The molecule has 0 saturated carbocycles. The van der Waals surface area contributed by atoms with E-state index in [2.05, 4.69) is 33.1 Å². The fourth-order valence-electron chi connectivity index (χ4n) is 2.26. The number of rotatable bonds is 4.